The molecule has 0 amide bonds. The standard InChI is InChI=1S/C9H10N2.2C2H6/c1-7-10-8-5-3-2-4-6-9(8)11-7;2*1-2/h2-5H,6H2,1H3,(H,10,11);2*1-2H3. The van der Waals surface area contributed by atoms with Gasteiger partial charge < -0.3 is 4.98 Å². The summed E-state index contributed by atoms with van der Waals surface area (Å²) in [5.74, 6) is 0.995. The lowest BCUT2D eigenvalue weighted by atomic mass is 10.2. The zero-order chi connectivity index (χ0) is 11.7. The van der Waals surface area contributed by atoms with Gasteiger partial charge in [0.25, 0.3) is 0 Å². The Morgan fingerprint density at radius 3 is 2.47 bits per heavy atom. The number of H-pyrrole nitrogens is 1. The average molecular weight is 206 g/mol. The summed E-state index contributed by atoms with van der Waals surface area (Å²) in [5, 5.41) is 0. The molecule has 1 aliphatic carbocycles. The molecule has 0 fully saturated rings. The Morgan fingerprint density at radius 1 is 1.13 bits per heavy atom. The van der Waals surface area contributed by atoms with E-state index in [1.165, 1.54) is 5.69 Å². The zero-order valence-corrected chi connectivity index (χ0v) is 10.5. The van der Waals surface area contributed by atoms with Gasteiger partial charge in [-0.1, -0.05) is 45.9 Å². The third-order valence-electron chi connectivity index (χ3n) is 1.75. The minimum absolute atomic E-state index is 0.961. The van der Waals surface area contributed by atoms with Crippen LogP contribution >= 0.6 is 0 Å². The predicted octanol–water partition coefficient (Wildman–Crippen LogP) is 3.90. The number of hydrogen-bond donors (Lipinski definition) is 1. The highest BCUT2D eigenvalue weighted by atomic mass is 14.9. The number of aromatic nitrogens is 2. The van der Waals surface area contributed by atoms with E-state index in [9.17, 15) is 0 Å². The molecule has 0 radical (unpaired) electrons. The van der Waals surface area contributed by atoms with Crippen LogP contribution in [0.25, 0.3) is 6.08 Å². The maximum atomic E-state index is 4.33. The second kappa shape index (κ2) is 8.04. The van der Waals surface area contributed by atoms with E-state index >= 15 is 0 Å². The van der Waals surface area contributed by atoms with Crippen LogP contribution in [0.15, 0.2) is 18.2 Å². The summed E-state index contributed by atoms with van der Waals surface area (Å²) in [6, 6.07) is 0. The van der Waals surface area contributed by atoms with E-state index in [0.29, 0.717) is 0 Å². The molecule has 15 heavy (non-hydrogen) atoms. The second-order valence-corrected chi connectivity index (χ2v) is 2.68. The smallest absolute Gasteiger partial charge is 0.103 e. The summed E-state index contributed by atoms with van der Waals surface area (Å²) in [6.07, 6.45) is 9.18. The Kier molecular flexibility index (Phi) is 7.33. The van der Waals surface area contributed by atoms with Gasteiger partial charge in [0.15, 0.2) is 0 Å². The highest BCUT2D eigenvalue weighted by Crippen LogP contribution is 2.11. The molecule has 0 saturated carbocycles. The number of nitrogens with one attached hydrogen (secondary N) is 1. The number of aryl methyl sites for hydroxylation is 1. The molecule has 0 aromatic carbocycles. The molecule has 0 unspecified atom stereocenters. The Bertz CT molecular complexity index is 319. The van der Waals surface area contributed by atoms with Crippen molar-refractivity contribution >= 4 is 6.08 Å². The molecular weight excluding hydrogens is 184 g/mol. The van der Waals surface area contributed by atoms with Crippen LogP contribution in [-0.4, -0.2) is 9.97 Å². The molecule has 0 atom stereocenters. The van der Waals surface area contributed by atoms with Crippen molar-refractivity contribution in [1.29, 1.82) is 0 Å². The lowest BCUT2D eigenvalue weighted by Gasteiger charge is -1.88. The number of aromatic amines is 1. The third-order valence-corrected chi connectivity index (χ3v) is 1.75. The van der Waals surface area contributed by atoms with Crippen molar-refractivity contribution in [1.82, 2.24) is 9.97 Å². The van der Waals surface area contributed by atoms with Crippen LogP contribution in [0.1, 0.15) is 44.9 Å². The fourth-order valence-electron chi connectivity index (χ4n) is 1.26. The molecule has 84 valence electrons. The van der Waals surface area contributed by atoms with E-state index in [1.54, 1.807) is 0 Å². The Morgan fingerprint density at radius 2 is 1.80 bits per heavy atom. The molecule has 2 rings (SSSR count). The highest BCUT2D eigenvalue weighted by molar-refractivity contribution is 5.52. The predicted molar refractivity (Wildman–Crippen MR) is 67.9 cm³/mol. The van der Waals surface area contributed by atoms with E-state index < -0.39 is 0 Å². The molecule has 1 aromatic rings. The number of fused-ring (bicyclic) bond motifs is 1. The summed E-state index contributed by atoms with van der Waals surface area (Å²) in [5.41, 5.74) is 2.29. The molecule has 0 spiro atoms. The van der Waals surface area contributed by atoms with Crippen LogP contribution in [0.3, 0.4) is 0 Å². The van der Waals surface area contributed by atoms with Crippen LogP contribution < -0.4 is 0 Å². The molecule has 1 N–H and O–H groups in total. The van der Waals surface area contributed by atoms with E-state index in [2.05, 4.69) is 16.0 Å². The highest BCUT2D eigenvalue weighted by Gasteiger charge is 2.03. The Hall–Kier alpha value is -1.31. The Labute approximate surface area is 93.1 Å². The van der Waals surface area contributed by atoms with Crippen LogP contribution in [0.5, 0.6) is 0 Å². The van der Waals surface area contributed by atoms with Crippen molar-refractivity contribution in [2.24, 2.45) is 0 Å². The van der Waals surface area contributed by atoms with E-state index in [0.717, 1.165) is 17.9 Å². The van der Waals surface area contributed by atoms with Gasteiger partial charge in [0.2, 0.25) is 0 Å². The summed E-state index contributed by atoms with van der Waals surface area (Å²) >= 11 is 0. The normalized spacial score (nSPS) is 11.5. The van der Waals surface area contributed by atoms with Gasteiger partial charge in [-0.3, -0.25) is 0 Å². The van der Waals surface area contributed by atoms with Crippen molar-refractivity contribution in [2.45, 2.75) is 41.0 Å². The first-order valence-electron chi connectivity index (χ1n) is 5.75. The molecule has 0 aliphatic heterocycles. The monoisotopic (exact) mass is 206 g/mol. The number of imidazole rings is 1. The van der Waals surface area contributed by atoms with Crippen LogP contribution in [0.2, 0.25) is 0 Å². The van der Waals surface area contributed by atoms with Gasteiger partial charge in [-0.15, -0.1) is 0 Å². The molecule has 1 aliphatic rings. The maximum absolute atomic E-state index is 4.33. The summed E-state index contributed by atoms with van der Waals surface area (Å²) in [7, 11) is 0. The lowest BCUT2D eigenvalue weighted by molar-refractivity contribution is 1.09. The molecule has 1 aromatic heterocycles. The molecule has 0 saturated heterocycles. The number of hydrogen-bond acceptors (Lipinski definition) is 1. The fourth-order valence-corrected chi connectivity index (χ4v) is 1.26. The van der Waals surface area contributed by atoms with Crippen molar-refractivity contribution < 1.29 is 0 Å². The first-order valence-corrected chi connectivity index (χ1v) is 5.75. The minimum Gasteiger partial charge on any atom is -0.345 e. The van der Waals surface area contributed by atoms with Crippen molar-refractivity contribution in [3.63, 3.8) is 0 Å². The Balaban J connectivity index is 0.000000442. The van der Waals surface area contributed by atoms with Gasteiger partial charge in [-0.2, -0.15) is 0 Å². The first-order chi connectivity index (χ1) is 7.36. The van der Waals surface area contributed by atoms with Gasteiger partial charge in [0.05, 0.1) is 5.69 Å². The lowest BCUT2D eigenvalue weighted by Crippen LogP contribution is -1.82. The van der Waals surface area contributed by atoms with Crippen molar-refractivity contribution in [3.05, 3.63) is 35.4 Å². The van der Waals surface area contributed by atoms with E-state index in [4.69, 9.17) is 0 Å². The quantitative estimate of drug-likeness (QED) is 0.685. The van der Waals surface area contributed by atoms with Crippen molar-refractivity contribution in [3.8, 4) is 0 Å². The zero-order valence-electron chi connectivity index (χ0n) is 10.5. The molecule has 2 heteroatoms. The van der Waals surface area contributed by atoms with Gasteiger partial charge in [0, 0.05) is 12.1 Å². The summed E-state index contributed by atoms with van der Waals surface area (Å²) in [6.45, 7) is 9.98. The van der Waals surface area contributed by atoms with Crippen LogP contribution in [-0.2, 0) is 6.42 Å². The SMILES string of the molecule is CC.CC.Cc1nc2c([nH]1)CC=CC=C2. The largest absolute Gasteiger partial charge is 0.345 e. The minimum atomic E-state index is 0.961. The van der Waals surface area contributed by atoms with E-state index in [1.807, 2.05) is 52.8 Å². The van der Waals surface area contributed by atoms with Crippen LogP contribution in [0, 0.1) is 6.92 Å². The van der Waals surface area contributed by atoms with E-state index in [-0.39, 0.29) is 0 Å². The number of rotatable bonds is 0. The number of allylic oxidation sites excluding steroid dienone is 3. The van der Waals surface area contributed by atoms with Gasteiger partial charge in [0.1, 0.15) is 5.82 Å². The molecule has 0 bridgehead atoms. The molecular formula is C13H22N2. The fraction of sp³-hybridized carbons (Fsp3) is 0.462. The summed E-state index contributed by atoms with van der Waals surface area (Å²) < 4.78 is 0. The maximum Gasteiger partial charge on any atom is 0.103 e. The van der Waals surface area contributed by atoms with Gasteiger partial charge in [-0.05, 0) is 13.0 Å². The van der Waals surface area contributed by atoms with Crippen molar-refractivity contribution in [2.75, 3.05) is 0 Å². The molecule has 1 heterocycles. The summed E-state index contributed by atoms with van der Waals surface area (Å²) in [4.78, 5) is 7.55. The molecule has 2 nitrogen and oxygen atoms in total. The third kappa shape index (κ3) is 4.15. The number of nitrogens with zero attached hydrogens (tertiary/aromatic N) is 1. The van der Waals surface area contributed by atoms with Gasteiger partial charge in [-0.25, -0.2) is 4.98 Å². The topological polar surface area (TPSA) is 28.7 Å². The van der Waals surface area contributed by atoms with Crippen LogP contribution in [0.4, 0.5) is 0 Å². The van der Waals surface area contributed by atoms with Gasteiger partial charge >= 0.3 is 0 Å². The average Bonchev–Trinajstić information content (AvgIpc) is 2.51. The second-order valence-electron chi connectivity index (χ2n) is 2.68. The first kappa shape index (κ1) is 13.7.